The number of anilines is 1. The van der Waals surface area contributed by atoms with E-state index in [-0.39, 0.29) is 4.90 Å². The highest BCUT2D eigenvalue weighted by Crippen LogP contribution is 2.22. The van der Waals surface area contributed by atoms with Crippen LogP contribution in [0.1, 0.15) is 6.42 Å². The average molecular weight is 338 g/mol. The van der Waals surface area contributed by atoms with Gasteiger partial charge in [0.1, 0.15) is 0 Å². The number of hydrogen-bond acceptors (Lipinski definition) is 4. The first-order valence-corrected chi connectivity index (χ1v) is 9.13. The number of sulfone groups is 1. The van der Waals surface area contributed by atoms with Gasteiger partial charge in [0.15, 0.2) is 0 Å². The minimum absolute atomic E-state index is 0.270. The van der Waals surface area contributed by atoms with E-state index in [0.29, 0.717) is 23.6 Å². The molecule has 0 aromatic heterocycles. The van der Waals surface area contributed by atoms with Gasteiger partial charge in [0.2, 0.25) is 9.84 Å². The first-order valence-electron chi connectivity index (χ1n) is 7.65. The molecule has 0 saturated heterocycles. The van der Waals surface area contributed by atoms with E-state index in [1.54, 1.807) is 54.6 Å². The highest BCUT2D eigenvalue weighted by Gasteiger charge is 2.16. The first kappa shape index (κ1) is 16.2. The van der Waals surface area contributed by atoms with Gasteiger partial charge >= 0.3 is 0 Å². The molecule has 0 aliphatic heterocycles. The second-order valence-electron chi connectivity index (χ2n) is 5.50. The number of hydrogen-bond donors (Lipinski definition) is 2. The third-order valence-corrected chi connectivity index (χ3v) is 5.63. The van der Waals surface area contributed by atoms with Crippen molar-refractivity contribution in [3.05, 3.63) is 78.4 Å². The van der Waals surface area contributed by atoms with Crippen LogP contribution in [0.4, 0.5) is 5.69 Å². The van der Waals surface area contributed by atoms with Crippen LogP contribution in [0.5, 0.6) is 0 Å². The van der Waals surface area contributed by atoms with E-state index >= 15 is 0 Å². The highest BCUT2D eigenvalue weighted by atomic mass is 32.2. The standard InChI is InChI=1S/C19H18N2O2S/c20-19-9-5-4-6-15(19)14-21-16-10-12-18(13-11-16)24(22,23)17-7-2-1-3-8-17/h1-8,10-13,20-21H,9,14H2. The molecular formula is C19H18N2O2S. The molecule has 0 bridgehead atoms. The van der Waals surface area contributed by atoms with Crippen molar-refractivity contribution in [1.82, 2.24) is 0 Å². The molecule has 1 aliphatic carbocycles. The Kier molecular flexibility index (Phi) is 4.62. The van der Waals surface area contributed by atoms with Gasteiger partial charge in [-0.1, -0.05) is 36.4 Å². The molecule has 2 aromatic carbocycles. The summed E-state index contributed by atoms with van der Waals surface area (Å²) in [6, 6.07) is 15.1. The van der Waals surface area contributed by atoms with Crippen molar-refractivity contribution in [2.24, 2.45) is 0 Å². The van der Waals surface area contributed by atoms with Gasteiger partial charge in [-0.2, -0.15) is 0 Å². The Morgan fingerprint density at radius 1 is 0.958 bits per heavy atom. The Morgan fingerprint density at radius 3 is 2.29 bits per heavy atom. The van der Waals surface area contributed by atoms with Crippen LogP contribution in [0.3, 0.4) is 0 Å². The Labute approximate surface area is 142 Å². The zero-order valence-corrected chi connectivity index (χ0v) is 13.9. The molecule has 0 atom stereocenters. The topological polar surface area (TPSA) is 70.0 Å². The van der Waals surface area contributed by atoms with Crippen LogP contribution in [0.15, 0.2) is 88.2 Å². The van der Waals surface area contributed by atoms with Gasteiger partial charge in [-0.25, -0.2) is 8.42 Å². The summed E-state index contributed by atoms with van der Waals surface area (Å²) in [5.74, 6) is 0. The SMILES string of the molecule is N=C1CC=CC=C1CNc1ccc(S(=O)(=O)c2ccccc2)cc1. The molecule has 0 fully saturated rings. The zero-order chi connectivity index (χ0) is 17.0. The summed E-state index contributed by atoms with van der Waals surface area (Å²) in [7, 11) is -3.48. The van der Waals surface area contributed by atoms with Gasteiger partial charge in [-0.3, -0.25) is 0 Å². The maximum absolute atomic E-state index is 12.5. The summed E-state index contributed by atoms with van der Waals surface area (Å²) < 4.78 is 25.1. The third kappa shape index (κ3) is 3.46. The van der Waals surface area contributed by atoms with Crippen molar-refractivity contribution in [3.63, 3.8) is 0 Å². The molecule has 0 saturated carbocycles. The van der Waals surface area contributed by atoms with Gasteiger partial charge < -0.3 is 10.7 Å². The number of benzene rings is 2. The summed E-state index contributed by atoms with van der Waals surface area (Å²) in [5.41, 5.74) is 2.37. The quantitative estimate of drug-likeness (QED) is 0.870. The fourth-order valence-corrected chi connectivity index (χ4v) is 3.73. The minimum Gasteiger partial charge on any atom is -0.381 e. The van der Waals surface area contributed by atoms with E-state index in [2.05, 4.69) is 5.32 Å². The lowest BCUT2D eigenvalue weighted by atomic mass is 10.0. The smallest absolute Gasteiger partial charge is 0.206 e. The Hall–Kier alpha value is -2.66. The summed E-state index contributed by atoms with van der Waals surface area (Å²) in [5, 5.41) is 11.1. The average Bonchev–Trinajstić information content (AvgIpc) is 2.62. The Balaban J connectivity index is 1.73. The normalized spacial score (nSPS) is 14.3. The first-order chi connectivity index (χ1) is 11.6. The summed E-state index contributed by atoms with van der Waals surface area (Å²) >= 11 is 0. The van der Waals surface area contributed by atoms with Gasteiger partial charge in [0, 0.05) is 24.4 Å². The van der Waals surface area contributed by atoms with Gasteiger partial charge in [-0.15, -0.1) is 0 Å². The highest BCUT2D eigenvalue weighted by molar-refractivity contribution is 7.91. The number of rotatable bonds is 5. The van der Waals surface area contributed by atoms with Gasteiger partial charge in [0.05, 0.1) is 9.79 Å². The van der Waals surface area contributed by atoms with Crippen molar-refractivity contribution >= 4 is 21.2 Å². The molecule has 4 nitrogen and oxygen atoms in total. The molecule has 0 heterocycles. The molecule has 0 unspecified atom stereocenters. The third-order valence-electron chi connectivity index (χ3n) is 3.84. The van der Waals surface area contributed by atoms with Crippen LogP contribution in [0, 0.1) is 5.41 Å². The Morgan fingerprint density at radius 2 is 1.62 bits per heavy atom. The lowest BCUT2D eigenvalue weighted by Crippen LogP contribution is -2.13. The van der Waals surface area contributed by atoms with Crippen molar-refractivity contribution < 1.29 is 8.42 Å². The van der Waals surface area contributed by atoms with Gasteiger partial charge in [0.25, 0.3) is 0 Å². The predicted octanol–water partition coefficient (Wildman–Crippen LogP) is 3.84. The molecule has 1 aliphatic rings. The molecule has 122 valence electrons. The second kappa shape index (κ2) is 6.84. The molecule has 3 rings (SSSR count). The van der Waals surface area contributed by atoms with Crippen LogP contribution >= 0.6 is 0 Å². The van der Waals surface area contributed by atoms with Crippen molar-refractivity contribution in [3.8, 4) is 0 Å². The fraction of sp³-hybridized carbons (Fsp3) is 0.105. The lowest BCUT2D eigenvalue weighted by molar-refractivity contribution is 0.596. The predicted molar refractivity (Wildman–Crippen MR) is 96.4 cm³/mol. The molecule has 0 spiro atoms. The molecule has 2 aromatic rings. The van der Waals surface area contributed by atoms with E-state index in [1.165, 1.54) is 0 Å². The van der Waals surface area contributed by atoms with E-state index in [1.807, 2.05) is 18.2 Å². The van der Waals surface area contributed by atoms with Crippen molar-refractivity contribution in [1.29, 1.82) is 5.41 Å². The van der Waals surface area contributed by atoms with Crippen LogP contribution in [-0.4, -0.2) is 20.7 Å². The molecule has 5 heteroatoms. The Bertz CT molecular complexity index is 896. The second-order valence-corrected chi connectivity index (χ2v) is 7.45. The van der Waals surface area contributed by atoms with E-state index in [0.717, 1.165) is 11.3 Å². The van der Waals surface area contributed by atoms with E-state index in [9.17, 15) is 8.42 Å². The monoisotopic (exact) mass is 338 g/mol. The maximum atomic E-state index is 12.5. The van der Waals surface area contributed by atoms with Crippen LogP contribution in [-0.2, 0) is 9.84 Å². The molecule has 24 heavy (non-hydrogen) atoms. The molecule has 2 N–H and O–H groups in total. The van der Waals surface area contributed by atoms with Crippen LogP contribution in [0.25, 0.3) is 0 Å². The zero-order valence-electron chi connectivity index (χ0n) is 13.1. The molecule has 0 amide bonds. The summed E-state index contributed by atoms with van der Waals surface area (Å²) in [6.07, 6.45) is 6.48. The van der Waals surface area contributed by atoms with Crippen molar-refractivity contribution in [2.45, 2.75) is 16.2 Å². The largest absolute Gasteiger partial charge is 0.381 e. The molecule has 0 radical (unpaired) electrons. The van der Waals surface area contributed by atoms with Crippen molar-refractivity contribution in [2.75, 3.05) is 11.9 Å². The van der Waals surface area contributed by atoms with Crippen LogP contribution in [0.2, 0.25) is 0 Å². The molecular weight excluding hydrogens is 320 g/mol. The number of nitrogens with one attached hydrogen (secondary N) is 2. The minimum atomic E-state index is -3.48. The summed E-state index contributed by atoms with van der Waals surface area (Å²) in [4.78, 5) is 0.560. The van der Waals surface area contributed by atoms with Crippen LogP contribution < -0.4 is 5.32 Å². The van der Waals surface area contributed by atoms with Gasteiger partial charge in [-0.05, 0) is 42.0 Å². The van der Waals surface area contributed by atoms with E-state index in [4.69, 9.17) is 5.41 Å². The summed E-state index contributed by atoms with van der Waals surface area (Å²) in [6.45, 7) is 0.550. The maximum Gasteiger partial charge on any atom is 0.206 e. The van der Waals surface area contributed by atoms with E-state index < -0.39 is 9.84 Å². The fourth-order valence-electron chi connectivity index (χ4n) is 2.45. The number of allylic oxidation sites excluding steroid dienone is 3. The lowest BCUT2D eigenvalue weighted by Gasteiger charge is -2.13.